The summed E-state index contributed by atoms with van der Waals surface area (Å²) in [5, 5.41) is 3.23. The van der Waals surface area contributed by atoms with Crippen LogP contribution in [-0.4, -0.2) is 27.5 Å². The van der Waals surface area contributed by atoms with Crippen LogP contribution < -0.4 is 10.1 Å². The molecule has 2 atom stereocenters. The Morgan fingerprint density at radius 3 is 3.05 bits per heavy atom. The molecule has 112 valence electrons. The van der Waals surface area contributed by atoms with Gasteiger partial charge in [0, 0.05) is 18.9 Å². The summed E-state index contributed by atoms with van der Waals surface area (Å²) < 4.78 is 7.96. The maximum atomic E-state index is 6.01. The predicted molar refractivity (Wildman–Crippen MR) is 83.7 cm³/mol. The van der Waals surface area contributed by atoms with Gasteiger partial charge in [-0.15, -0.1) is 0 Å². The number of aromatic nitrogens is 3. The largest absolute Gasteiger partial charge is 0.475 e. The van der Waals surface area contributed by atoms with Gasteiger partial charge in [-0.25, -0.2) is 4.98 Å². The summed E-state index contributed by atoms with van der Waals surface area (Å²) in [6, 6.07) is 0. The van der Waals surface area contributed by atoms with E-state index in [-0.39, 0.29) is 0 Å². The minimum absolute atomic E-state index is 0.551. The van der Waals surface area contributed by atoms with Gasteiger partial charge in [-0.3, -0.25) is 4.40 Å². The van der Waals surface area contributed by atoms with Gasteiger partial charge in [0.25, 0.3) is 5.88 Å². The number of rotatable bonds is 5. The van der Waals surface area contributed by atoms with Gasteiger partial charge in [0.05, 0.1) is 12.8 Å². The van der Waals surface area contributed by atoms with Gasteiger partial charge in [0.15, 0.2) is 0 Å². The quantitative estimate of drug-likeness (QED) is 0.858. The van der Waals surface area contributed by atoms with Crippen LogP contribution in [0.1, 0.15) is 26.7 Å². The van der Waals surface area contributed by atoms with Crippen LogP contribution in [0, 0.1) is 11.8 Å². The van der Waals surface area contributed by atoms with E-state index in [4.69, 9.17) is 4.74 Å². The van der Waals surface area contributed by atoms with Crippen LogP contribution >= 0.6 is 0 Å². The molecular weight excluding hydrogens is 264 g/mol. The fraction of sp³-hybridized carbons (Fsp3) is 0.500. The SMILES string of the molecule is CCNc1cn2ccnc2c(OCC2CC=CCC2C)n1. The molecule has 0 saturated carbocycles. The zero-order chi connectivity index (χ0) is 14.7. The molecule has 1 N–H and O–H groups in total. The smallest absolute Gasteiger partial charge is 0.260 e. The molecular formula is C16H22N4O. The summed E-state index contributed by atoms with van der Waals surface area (Å²) in [5.41, 5.74) is 0.774. The summed E-state index contributed by atoms with van der Waals surface area (Å²) >= 11 is 0. The Hall–Kier alpha value is -2.04. The summed E-state index contributed by atoms with van der Waals surface area (Å²) in [4.78, 5) is 8.87. The molecule has 21 heavy (non-hydrogen) atoms. The van der Waals surface area contributed by atoms with Crippen LogP contribution in [0.3, 0.4) is 0 Å². The molecule has 0 fully saturated rings. The van der Waals surface area contributed by atoms with E-state index in [1.54, 1.807) is 6.20 Å². The van der Waals surface area contributed by atoms with Gasteiger partial charge in [-0.05, 0) is 31.6 Å². The van der Waals surface area contributed by atoms with E-state index in [0.29, 0.717) is 24.3 Å². The summed E-state index contributed by atoms with van der Waals surface area (Å²) in [7, 11) is 0. The van der Waals surface area contributed by atoms with Gasteiger partial charge in [0.2, 0.25) is 5.65 Å². The third kappa shape index (κ3) is 3.01. The monoisotopic (exact) mass is 286 g/mol. The fourth-order valence-electron chi connectivity index (χ4n) is 2.69. The minimum Gasteiger partial charge on any atom is -0.475 e. The van der Waals surface area contributed by atoms with Crippen molar-refractivity contribution in [2.24, 2.45) is 11.8 Å². The van der Waals surface area contributed by atoms with E-state index in [1.165, 1.54) is 0 Å². The molecule has 3 rings (SSSR count). The van der Waals surface area contributed by atoms with E-state index < -0.39 is 0 Å². The number of fused-ring (bicyclic) bond motifs is 1. The number of nitrogens with one attached hydrogen (secondary N) is 1. The summed E-state index contributed by atoms with van der Waals surface area (Å²) in [6.07, 6.45) is 12.4. The topological polar surface area (TPSA) is 51.5 Å². The minimum atomic E-state index is 0.551. The first kappa shape index (κ1) is 13.9. The summed E-state index contributed by atoms with van der Waals surface area (Å²) in [6.45, 7) is 5.86. The Morgan fingerprint density at radius 1 is 1.38 bits per heavy atom. The molecule has 0 aliphatic heterocycles. The molecule has 1 aliphatic carbocycles. The highest BCUT2D eigenvalue weighted by atomic mass is 16.5. The lowest BCUT2D eigenvalue weighted by molar-refractivity contribution is 0.194. The van der Waals surface area contributed by atoms with Crippen LogP contribution in [0.4, 0.5) is 5.82 Å². The first-order valence-corrected chi connectivity index (χ1v) is 7.63. The zero-order valence-electron chi connectivity index (χ0n) is 12.6. The number of anilines is 1. The highest BCUT2D eigenvalue weighted by Gasteiger charge is 2.20. The molecule has 0 spiro atoms. The normalized spacial score (nSPS) is 21.6. The molecule has 5 nitrogen and oxygen atoms in total. The van der Waals surface area contributed by atoms with Crippen LogP contribution in [0.2, 0.25) is 0 Å². The molecule has 5 heteroatoms. The maximum Gasteiger partial charge on any atom is 0.260 e. The van der Waals surface area contributed by atoms with E-state index in [9.17, 15) is 0 Å². The van der Waals surface area contributed by atoms with Crippen molar-refractivity contribution in [1.29, 1.82) is 0 Å². The second-order valence-corrected chi connectivity index (χ2v) is 5.61. The Balaban J connectivity index is 1.78. The second-order valence-electron chi connectivity index (χ2n) is 5.61. The average molecular weight is 286 g/mol. The van der Waals surface area contributed by atoms with Gasteiger partial charge >= 0.3 is 0 Å². The van der Waals surface area contributed by atoms with Crippen molar-refractivity contribution in [1.82, 2.24) is 14.4 Å². The maximum absolute atomic E-state index is 6.01. The Bertz CT molecular complexity index is 634. The highest BCUT2D eigenvalue weighted by molar-refractivity contribution is 5.53. The first-order valence-electron chi connectivity index (χ1n) is 7.63. The van der Waals surface area contributed by atoms with Crippen molar-refractivity contribution in [2.45, 2.75) is 26.7 Å². The standard InChI is InChI=1S/C16H22N4O/c1-3-17-14-10-20-9-8-18-15(20)16(19-14)21-11-13-7-5-4-6-12(13)2/h4-5,8-10,12-13,17H,3,6-7,11H2,1-2H3. The predicted octanol–water partition coefficient (Wildman–Crippen LogP) is 3.14. The van der Waals surface area contributed by atoms with Crippen molar-refractivity contribution >= 4 is 11.5 Å². The van der Waals surface area contributed by atoms with Crippen molar-refractivity contribution in [3.63, 3.8) is 0 Å². The second kappa shape index (κ2) is 6.16. The first-order chi connectivity index (χ1) is 10.3. The highest BCUT2D eigenvalue weighted by Crippen LogP contribution is 2.26. The van der Waals surface area contributed by atoms with Crippen molar-refractivity contribution in [3.05, 3.63) is 30.7 Å². The lowest BCUT2D eigenvalue weighted by atomic mass is 9.85. The molecule has 0 saturated heterocycles. The van der Waals surface area contributed by atoms with E-state index in [1.807, 2.05) is 16.8 Å². The average Bonchev–Trinajstić information content (AvgIpc) is 2.95. The molecule has 0 radical (unpaired) electrons. The number of hydrogen-bond donors (Lipinski definition) is 1. The molecule has 0 bridgehead atoms. The van der Waals surface area contributed by atoms with Crippen LogP contribution in [0.15, 0.2) is 30.7 Å². The Labute approximate surface area is 125 Å². The number of imidazole rings is 1. The fourth-order valence-corrected chi connectivity index (χ4v) is 2.69. The third-order valence-corrected chi connectivity index (χ3v) is 4.05. The molecule has 1 aliphatic rings. The number of hydrogen-bond acceptors (Lipinski definition) is 4. The van der Waals surface area contributed by atoms with E-state index in [2.05, 4.69) is 41.3 Å². The molecule has 2 heterocycles. The Kier molecular flexibility index (Phi) is 4.08. The van der Waals surface area contributed by atoms with Gasteiger partial charge in [-0.1, -0.05) is 19.1 Å². The lowest BCUT2D eigenvalue weighted by Crippen LogP contribution is -2.21. The van der Waals surface area contributed by atoms with Gasteiger partial charge in [-0.2, -0.15) is 4.98 Å². The Morgan fingerprint density at radius 2 is 2.24 bits per heavy atom. The molecule has 2 aromatic rings. The van der Waals surface area contributed by atoms with Crippen molar-refractivity contribution < 1.29 is 4.74 Å². The van der Waals surface area contributed by atoms with Crippen LogP contribution in [0.5, 0.6) is 5.88 Å². The molecule has 0 amide bonds. The van der Waals surface area contributed by atoms with E-state index in [0.717, 1.165) is 30.9 Å². The molecule has 0 aromatic carbocycles. The van der Waals surface area contributed by atoms with E-state index >= 15 is 0 Å². The third-order valence-electron chi connectivity index (χ3n) is 4.05. The van der Waals surface area contributed by atoms with Crippen LogP contribution in [0.25, 0.3) is 5.65 Å². The molecule has 2 unspecified atom stereocenters. The van der Waals surface area contributed by atoms with Crippen molar-refractivity contribution in [2.75, 3.05) is 18.5 Å². The number of nitrogens with zero attached hydrogens (tertiary/aromatic N) is 3. The van der Waals surface area contributed by atoms with Gasteiger partial charge in [0.1, 0.15) is 5.82 Å². The zero-order valence-corrected chi connectivity index (χ0v) is 12.6. The van der Waals surface area contributed by atoms with Gasteiger partial charge < -0.3 is 10.1 Å². The van der Waals surface area contributed by atoms with Crippen molar-refractivity contribution in [3.8, 4) is 5.88 Å². The van der Waals surface area contributed by atoms with Crippen LogP contribution in [-0.2, 0) is 0 Å². The lowest BCUT2D eigenvalue weighted by Gasteiger charge is -2.25. The molecule has 2 aromatic heterocycles. The number of ether oxygens (including phenoxy) is 1. The number of allylic oxidation sites excluding steroid dienone is 2. The summed E-state index contributed by atoms with van der Waals surface area (Å²) in [5.74, 6) is 2.63.